The summed E-state index contributed by atoms with van der Waals surface area (Å²) in [6.45, 7) is 0. The van der Waals surface area contributed by atoms with Crippen molar-refractivity contribution in [3.05, 3.63) is 95.1 Å². The van der Waals surface area contributed by atoms with Crippen LogP contribution in [0.1, 0.15) is 71.1 Å². The van der Waals surface area contributed by atoms with Gasteiger partial charge in [0, 0.05) is 5.56 Å². The van der Waals surface area contributed by atoms with Crippen molar-refractivity contribution in [3.63, 3.8) is 0 Å². The van der Waals surface area contributed by atoms with Crippen LogP contribution >= 0.6 is 0 Å². The zero-order valence-electron chi connectivity index (χ0n) is 22.3. The van der Waals surface area contributed by atoms with Crippen LogP contribution in [0, 0.1) is 0 Å². The lowest BCUT2D eigenvalue weighted by Crippen LogP contribution is -2.33. The number of nitrogens with zero attached hydrogens (tertiary/aromatic N) is 3. The van der Waals surface area contributed by atoms with Gasteiger partial charge < -0.3 is 15.4 Å². The van der Waals surface area contributed by atoms with Crippen molar-refractivity contribution < 1.29 is 27.5 Å². The summed E-state index contributed by atoms with van der Waals surface area (Å²) in [5.74, 6) is -0.480. The highest BCUT2D eigenvalue weighted by molar-refractivity contribution is 6.03. The zero-order chi connectivity index (χ0) is 29.5. The van der Waals surface area contributed by atoms with E-state index < -0.39 is 30.1 Å². The van der Waals surface area contributed by atoms with Crippen LogP contribution in [0.3, 0.4) is 0 Å². The Morgan fingerprint density at radius 2 is 1.55 bits per heavy atom. The van der Waals surface area contributed by atoms with E-state index in [2.05, 4.69) is 53.4 Å². The molecule has 1 saturated carbocycles. The van der Waals surface area contributed by atoms with Crippen LogP contribution < -0.4 is 20.7 Å². The van der Waals surface area contributed by atoms with Gasteiger partial charge in [-0.2, -0.15) is 5.21 Å². The molecule has 4 N–H and O–H groups in total. The van der Waals surface area contributed by atoms with Crippen LogP contribution in [0.5, 0.6) is 5.75 Å². The molecule has 5 rings (SSSR count). The van der Waals surface area contributed by atoms with Crippen LogP contribution in [-0.2, 0) is 0 Å². The van der Waals surface area contributed by atoms with Gasteiger partial charge in [0.05, 0.1) is 11.7 Å². The minimum absolute atomic E-state index is 0.0214. The number of H-pyrrole nitrogens is 1. The summed E-state index contributed by atoms with van der Waals surface area (Å²) in [6.07, 6.45) is 0.989. The molecule has 0 bridgehead atoms. The molecule has 3 amide bonds. The molecule has 1 heterocycles. The molecule has 1 fully saturated rings. The fourth-order valence-corrected chi connectivity index (χ4v) is 5.04. The first kappa shape index (κ1) is 28.6. The number of aromatic nitrogens is 4. The van der Waals surface area contributed by atoms with Crippen LogP contribution in [0.2, 0.25) is 0 Å². The summed E-state index contributed by atoms with van der Waals surface area (Å²) in [4.78, 5) is 25.7. The number of alkyl halides is 3. The highest BCUT2D eigenvalue weighted by Gasteiger charge is 2.32. The van der Waals surface area contributed by atoms with Gasteiger partial charge in [0.25, 0.3) is 11.9 Å². The summed E-state index contributed by atoms with van der Waals surface area (Å²) in [5, 5.41) is 20.9. The SMILES string of the molecule is O=C(Nc1ccccc1OC(F)(F)F)NC(c1ccc(C(=O)Nc2nn[nH]n2)cc1)c1ccc(C2CCCCC2)cc1. The van der Waals surface area contributed by atoms with E-state index in [1.165, 1.54) is 43.0 Å². The Morgan fingerprint density at radius 3 is 2.19 bits per heavy atom. The first-order valence-corrected chi connectivity index (χ1v) is 13.4. The lowest BCUT2D eigenvalue weighted by molar-refractivity contribution is -0.274. The second-order valence-electron chi connectivity index (χ2n) is 9.89. The van der Waals surface area contributed by atoms with Crippen molar-refractivity contribution in [3.8, 4) is 5.75 Å². The maximum Gasteiger partial charge on any atom is 0.573 e. The third-order valence-electron chi connectivity index (χ3n) is 7.06. The van der Waals surface area contributed by atoms with Crippen LogP contribution in [0.4, 0.5) is 29.6 Å². The van der Waals surface area contributed by atoms with Crippen molar-refractivity contribution in [2.45, 2.75) is 50.4 Å². The third-order valence-corrected chi connectivity index (χ3v) is 7.06. The third kappa shape index (κ3) is 7.42. The largest absolute Gasteiger partial charge is 0.573 e. The van der Waals surface area contributed by atoms with E-state index >= 15 is 0 Å². The van der Waals surface area contributed by atoms with Gasteiger partial charge in [-0.25, -0.2) is 4.79 Å². The van der Waals surface area contributed by atoms with E-state index in [1.807, 2.05) is 12.1 Å². The number of anilines is 2. The van der Waals surface area contributed by atoms with E-state index in [1.54, 1.807) is 24.3 Å². The highest BCUT2D eigenvalue weighted by atomic mass is 19.4. The standard InChI is InChI=1S/C29H28F3N7O3/c30-29(31,32)42-24-9-5-4-8-23(24)33-28(41)34-25(20-12-10-19(11-13-20)18-6-2-1-3-7-18)21-14-16-22(17-15-21)26(40)35-27-36-38-39-37-27/h4-5,8-18,25H,1-3,6-7H2,(H2,33,34,41)(H2,35,36,37,38,39,40). The lowest BCUT2D eigenvalue weighted by atomic mass is 9.83. The lowest BCUT2D eigenvalue weighted by Gasteiger charge is -2.24. The Balaban J connectivity index is 1.38. The number of carbonyl (C=O) groups excluding carboxylic acids is 2. The van der Waals surface area contributed by atoms with Crippen LogP contribution in [0.25, 0.3) is 0 Å². The van der Waals surface area contributed by atoms with Crippen LogP contribution in [0.15, 0.2) is 72.8 Å². The first-order chi connectivity index (χ1) is 20.2. The molecule has 1 aromatic heterocycles. The van der Waals surface area contributed by atoms with Gasteiger partial charge in [-0.15, -0.1) is 18.3 Å². The fourth-order valence-electron chi connectivity index (χ4n) is 5.04. The predicted molar refractivity (Wildman–Crippen MR) is 148 cm³/mol. The maximum absolute atomic E-state index is 13.1. The van der Waals surface area contributed by atoms with Crippen molar-refractivity contribution in [2.75, 3.05) is 10.6 Å². The molecule has 218 valence electrons. The van der Waals surface area contributed by atoms with E-state index in [9.17, 15) is 22.8 Å². The second kappa shape index (κ2) is 12.7. The number of para-hydroxylation sites is 2. The molecule has 42 heavy (non-hydrogen) atoms. The molecule has 0 radical (unpaired) electrons. The van der Waals surface area contributed by atoms with Gasteiger partial charge in [0.2, 0.25) is 0 Å². The number of tetrazole rings is 1. The molecule has 1 atom stereocenters. The van der Waals surface area contributed by atoms with E-state index in [0.29, 0.717) is 17.0 Å². The second-order valence-corrected chi connectivity index (χ2v) is 9.89. The molecule has 13 heteroatoms. The van der Waals surface area contributed by atoms with Gasteiger partial charge in [0.1, 0.15) is 0 Å². The number of halogens is 3. The summed E-state index contributed by atoms with van der Waals surface area (Å²) in [7, 11) is 0. The number of urea groups is 1. The average molecular weight is 580 g/mol. The van der Waals surface area contributed by atoms with Crippen molar-refractivity contribution in [1.29, 1.82) is 0 Å². The molecule has 1 aliphatic carbocycles. The first-order valence-electron chi connectivity index (χ1n) is 13.4. The number of amides is 3. The number of carbonyl (C=O) groups is 2. The van der Waals surface area contributed by atoms with Gasteiger partial charge in [-0.3, -0.25) is 10.1 Å². The van der Waals surface area contributed by atoms with E-state index in [0.717, 1.165) is 24.5 Å². The molecular weight excluding hydrogens is 551 g/mol. The molecule has 3 aromatic carbocycles. The van der Waals surface area contributed by atoms with Crippen molar-refractivity contribution >= 4 is 23.6 Å². The molecule has 0 spiro atoms. The van der Waals surface area contributed by atoms with Crippen molar-refractivity contribution in [1.82, 2.24) is 25.9 Å². The Bertz CT molecular complexity index is 1490. The monoisotopic (exact) mass is 579 g/mol. The number of aromatic amines is 1. The molecule has 4 aromatic rings. The van der Waals surface area contributed by atoms with Gasteiger partial charge >= 0.3 is 12.4 Å². The molecular formula is C29H28F3N7O3. The summed E-state index contributed by atoms with van der Waals surface area (Å²) in [5.41, 5.74) is 2.80. The highest BCUT2D eigenvalue weighted by Crippen LogP contribution is 2.34. The maximum atomic E-state index is 13.1. The Morgan fingerprint density at radius 1 is 0.881 bits per heavy atom. The molecule has 0 saturated heterocycles. The molecule has 10 nitrogen and oxygen atoms in total. The number of hydrogen-bond acceptors (Lipinski definition) is 6. The van der Waals surface area contributed by atoms with E-state index in [-0.39, 0.29) is 11.6 Å². The average Bonchev–Trinajstić information content (AvgIpc) is 3.50. The van der Waals surface area contributed by atoms with Gasteiger partial charge in [0.15, 0.2) is 5.75 Å². The molecule has 1 unspecified atom stereocenters. The van der Waals surface area contributed by atoms with Gasteiger partial charge in [-0.1, -0.05) is 72.9 Å². The molecule has 0 aliphatic heterocycles. The van der Waals surface area contributed by atoms with Crippen LogP contribution in [-0.4, -0.2) is 38.9 Å². The minimum atomic E-state index is -4.92. The predicted octanol–water partition coefficient (Wildman–Crippen LogP) is 6.31. The Kier molecular flexibility index (Phi) is 8.65. The van der Waals surface area contributed by atoms with Gasteiger partial charge in [-0.05, 0) is 64.9 Å². The number of rotatable bonds is 8. The van der Waals surface area contributed by atoms with Crippen molar-refractivity contribution in [2.24, 2.45) is 0 Å². The smallest absolute Gasteiger partial charge is 0.404 e. The van der Waals surface area contributed by atoms with E-state index in [4.69, 9.17) is 0 Å². The Hall–Kier alpha value is -4.94. The number of benzene rings is 3. The fraction of sp³-hybridized carbons (Fsp3) is 0.276. The summed E-state index contributed by atoms with van der Waals surface area (Å²) < 4.78 is 42.7. The Labute approximate surface area is 239 Å². The number of ether oxygens (including phenoxy) is 1. The quantitative estimate of drug-likeness (QED) is 0.193. The zero-order valence-corrected chi connectivity index (χ0v) is 22.3. The number of hydrogen-bond donors (Lipinski definition) is 4. The molecule has 1 aliphatic rings. The normalized spacial score (nSPS) is 14.5. The summed E-state index contributed by atoms with van der Waals surface area (Å²) >= 11 is 0. The number of nitrogens with one attached hydrogen (secondary N) is 4. The summed E-state index contributed by atoms with van der Waals surface area (Å²) in [6, 6.07) is 18.4. The topological polar surface area (TPSA) is 134 Å². The minimum Gasteiger partial charge on any atom is -0.404 e.